The summed E-state index contributed by atoms with van der Waals surface area (Å²) in [6.07, 6.45) is -2.16. The third-order valence-electron chi connectivity index (χ3n) is 3.17. The Morgan fingerprint density at radius 3 is 2.68 bits per heavy atom. The maximum absolute atomic E-state index is 11.5. The molecule has 0 saturated heterocycles. The summed E-state index contributed by atoms with van der Waals surface area (Å²) in [4.78, 5) is 11.5. The van der Waals surface area contributed by atoms with Crippen molar-refractivity contribution in [2.75, 3.05) is 6.54 Å². The van der Waals surface area contributed by atoms with Crippen LogP contribution in [0.2, 0.25) is 0 Å². The number of aliphatic hydroxyl groups is 2. The SMILES string of the molecule is O=C(NCCC(O)C(O)c1ccsc1)OCc1ccccc1. The van der Waals surface area contributed by atoms with Crippen LogP contribution >= 0.6 is 11.3 Å². The van der Waals surface area contributed by atoms with Crippen molar-refractivity contribution in [3.63, 3.8) is 0 Å². The standard InChI is InChI=1S/C16H19NO4S/c18-14(15(19)13-7-9-22-11-13)6-8-17-16(20)21-10-12-4-2-1-3-5-12/h1-5,7,9,11,14-15,18-19H,6,8,10H2,(H,17,20). The molecule has 0 aliphatic heterocycles. The minimum absolute atomic E-state index is 0.201. The van der Waals surface area contributed by atoms with Crippen LogP contribution in [-0.2, 0) is 11.3 Å². The number of aliphatic hydroxyl groups excluding tert-OH is 2. The number of hydrogen-bond acceptors (Lipinski definition) is 5. The molecule has 0 aliphatic rings. The van der Waals surface area contributed by atoms with Gasteiger partial charge in [0.15, 0.2) is 0 Å². The lowest BCUT2D eigenvalue weighted by Gasteiger charge is -2.17. The highest BCUT2D eigenvalue weighted by Gasteiger charge is 2.18. The van der Waals surface area contributed by atoms with Gasteiger partial charge in [-0.1, -0.05) is 30.3 Å². The van der Waals surface area contributed by atoms with E-state index >= 15 is 0 Å². The third kappa shape index (κ3) is 5.14. The van der Waals surface area contributed by atoms with Gasteiger partial charge in [0.1, 0.15) is 12.7 Å². The van der Waals surface area contributed by atoms with E-state index in [1.54, 1.807) is 11.4 Å². The first-order valence-corrected chi connectivity index (χ1v) is 7.94. The molecule has 2 unspecified atom stereocenters. The van der Waals surface area contributed by atoms with Gasteiger partial charge in [0, 0.05) is 6.54 Å². The van der Waals surface area contributed by atoms with E-state index in [9.17, 15) is 15.0 Å². The van der Waals surface area contributed by atoms with Crippen molar-refractivity contribution in [3.05, 3.63) is 58.3 Å². The summed E-state index contributed by atoms with van der Waals surface area (Å²) in [6.45, 7) is 0.433. The van der Waals surface area contributed by atoms with Crippen LogP contribution in [0, 0.1) is 0 Å². The Bertz CT molecular complexity index is 559. The molecule has 0 fully saturated rings. The Balaban J connectivity index is 1.64. The predicted octanol–water partition coefficient (Wildman–Crippen LogP) is 2.46. The zero-order chi connectivity index (χ0) is 15.8. The number of alkyl carbamates (subject to hydrolysis) is 1. The average Bonchev–Trinajstić information content (AvgIpc) is 3.07. The zero-order valence-corrected chi connectivity index (χ0v) is 12.8. The van der Waals surface area contributed by atoms with Crippen molar-refractivity contribution in [2.45, 2.75) is 25.2 Å². The molecular weight excluding hydrogens is 302 g/mol. The summed E-state index contributed by atoms with van der Waals surface area (Å²) in [5.41, 5.74) is 1.59. The first-order chi connectivity index (χ1) is 10.7. The molecule has 5 nitrogen and oxygen atoms in total. The number of carbonyl (C=O) groups is 1. The molecular formula is C16H19NO4S. The Labute approximate surface area is 133 Å². The lowest BCUT2D eigenvalue weighted by Crippen LogP contribution is -2.29. The van der Waals surface area contributed by atoms with E-state index in [0.717, 1.165) is 5.56 Å². The van der Waals surface area contributed by atoms with Gasteiger partial charge in [-0.3, -0.25) is 0 Å². The largest absolute Gasteiger partial charge is 0.445 e. The van der Waals surface area contributed by atoms with Crippen molar-refractivity contribution < 1.29 is 19.7 Å². The van der Waals surface area contributed by atoms with Gasteiger partial charge in [-0.05, 0) is 34.4 Å². The van der Waals surface area contributed by atoms with Crippen LogP contribution in [0.4, 0.5) is 4.79 Å². The highest BCUT2D eigenvalue weighted by atomic mass is 32.1. The van der Waals surface area contributed by atoms with Crippen LogP contribution in [0.25, 0.3) is 0 Å². The van der Waals surface area contributed by atoms with Crippen LogP contribution in [0.15, 0.2) is 47.2 Å². The topological polar surface area (TPSA) is 78.8 Å². The normalized spacial score (nSPS) is 13.4. The predicted molar refractivity (Wildman–Crippen MR) is 84.5 cm³/mol. The van der Waals surface area contributed by atoms with Crippen molar-refractivity contribution in [1.29, 1.82) is 0 Å². The molecule has 0 spiro atoms. The van der Waals surface area contributed by atoms with Gasteiger partial charge in [-0.2, -0.15) is 11.3 Å². The molecule has 0 bridgehead atoms. The van der Waals surface area contributed by atoms with Crippen molar-refractivity contribution in [2.24, 2.45) is 0 Å². The fourth-order valence-electron chi connectivity index (χ4n) is 1.92. The summed E-state index contributed by atoms with van der Waals surface area (Å²) >= 11 is 1.46. The number of thiophene rings is 1. The van der Waals surface area contributed by atoms with Gasteiger partial charge < -0.3 is 20.3 Å². The maximum Gasteiger partial charge on any atom is 0.407 e. The number of ether oxygens (including phenoxy) is 1. The molecule has 6 heteroatoms. The Morgan fingerprint density at radius 1 is 1.23 bits per heavy atom. The lowest BCUT2D eigenvalue weighted by atomic mass is 10.1. The third-order valence-corrected chi connectivity index (χ3v) is 3.87. The molecule has 1 amide bonds. The summed E-state index contributed by atoms with van der Waals surface area (Å²) in [5, 5.41) is 26.0. The molecule has 0 saturated carbocycles. The molecule has 0 aliphatic carbocycles. The fraction of sp³-hybridized carbons (Fsp3) is 0.312. The number of benzene rings is 1. The number of nitrogens with one attached hydrogen (secondary N) is 1. The van der Waals surface area contributed by atoms with Crippen LogP contribution in [0.3, 0.4) is 0 Å². The molecule has 3 N–H and O–H groups in total. The number of hydrogen-bond donors (Lipinski definition) is 3. The summed E-state index contributed by atoms with van der Waals surface area (Å²) in [5.74, 6) is 0. The Morgan fingerprint density at radius 2 is 2.00 bits per heavy atom. The molecule has 118 valence electrons. The highest BCUT2D eigenvalue weighted by Crippen LogP contribution is 2.20. The zero-order valence-electron chi connectivity index (χ0n) is 12.0. The second kappa shape index (κ2) is 8.53. The van der Waals surface area contributed by atoms with Crippen molar-refractivity contribution in [1.82, 2.24) is 5.32 Å². The second-order valence-corrected chi connectivity index (χ2v) is 5.63. The number of carbonyl (C=O) groups excluding carboxylic acids is 1. The van der Waals surface area contributed by atoms with Gasteiger partial charge in [0.05, 0.1) is 6.10 Å². The summed E-state index contributed by atoms with van der Waals surface area (Å²) in [6, 6.07) is 11.1. The molecule has 2 atom stereocenters. The molecule has 22 heavy (non-hydrogen) atoms. The first-order valence-electron chi connectivity index (χ1n) is 6.99. The molecule has 2 aromatic rings. The number of amides is 1. The average molecular weight is 321 g/mol. The van der Waals surface area contributed by atoms with Crippen molar-refractivity contribution in [3.8, 4) is 0 Å². The molecule has 1 aromatic carbocycles. The monoisotopic (exact) mass is 321 g/mol. The van der Waals surface area contributed by atoms with E-state index < -0.39 is 18.3 Å². The summed E-state index contributed by atoms with van der Waals surface area (Å²) in [7, 11) is 0. The quantitative estimate of drug-likeness (QED) is 0.732. The van der Waals surface area contributed by atoms with Gasteiger partial charge in [0.2, 0.25) is 0 Å². The molecule has 1 heterocycles. The van der Waals surface area contributed by atoms with Crippen LogP contribution in [-0.4, -0.2) is 29.0 Å². The minimum Gasteiger partial charge on any atom is -0.445 e. The van der Waals surface area contributed by atoms with Crippen molar-refractivity contribution >= 4 is 17.4 Å². The van der Waals surface area contributed by atoms with E-state index in [2.05, 4.69) is 5.32 Å². The van der Waals surface area contributed by atoms with Gasteiger partial charge in [-0.25, -0.2) is 4.79 Å². The van der Waals surface area contributed by atoms with E-state index in [-0.39, 0.29) is 19.6 Å². The second-order valence-electron chi connectivity index (χ2n) is 4.85. The molecule has 2 rings (SSSR count). The number of rotatable bonds is 7. The Hall–Kier alpha value is -1.89. The van der Waals surface area contributed by atoms with Crippen LogP contribution < -0.4 is 5.32 Å². The lowest BCUT2D eigenvalue weighted by molar-refractivity contribution is 0.0139. The Kier molecular flexibility index (Phi) is 6.39. The van der Waals surface area contributed by atoms with E-state index in [4.69, 9.17) is 4.74 Å². The smallest absolute Gasteiger partial charge is 0.407 e. The fourth-order valence-corrected chi connectivity index (χ4v) is 2.61. The van der Waals surface area contributed by atoms with Crippen LogP contribution in [0.5, 0.6) is 0 Å². The minimum atomic E-state index is -0.937. The van der Waals surface area contributed by atoms with Gasteiger partial charge in [0.25, 0.3) is 0 Å². The van der Waals surface area contributed by atoms with Crippen LogP contribution in [0.1, 0.15) is 23.7 Å². The molecule has 0 radical (unpaired) electrons. The highest BCUT2D eigenvalue weighted by molar-refractivity contribution is 7.07. The van der Waals surface area contributed by atoms with E-state index in [1.807, 2.05) is 35.7 Å². The van der Waals surface area contributed by atoms with Gasteiger partial charge >= 0.3 is 6.09 Å². The van der Waals surface area contributed by atoms with Gasteiger partial charge in [-0.15, -0.1) is 0 Å². The van der Waals surface area contributed by atoms with E-state index in [0.29, 0.717) is 5.56 Å². The molecule has 1 aromatic heterocycles. The first kappa shape index (κ1) is 16.5. The summed E-state index contributed by atoms with van der Waals surface area (Å²) < 4.78 is 5.05. The maximum atomic E-state index is 11.5. The van der Waals surface area contributed by atoms with E-state index in [1.165, 1.54) is 11.3 Å².